The Bertz CT molecular complexity index is 300. The molecule has 0 aromatic carbocycles. The molecule has 110 valence electrons. The first-order valence-electron chi connectivity index (χ1n) is 8.10. The number of aliphatic hydroxyl groups is 1. The van der Waals surface area contributed by atoms with Gasteiger partial charge < -0.3 is 15.7 Å². The van der Waals surface area contributed by atoms with E-state index in [1.165, 1.54) is 39.0 Å². The van der Waals surface area contributed by atoms with E-state index >= 15 is 0 Å². The lowest BCUT2D eigenvalue weighted by Gasteiger charge is -2.36. The highest BCUT2D eigenvalue weighted by molar-refractivity contribution is 4.94. The molecule has 1 aliphatic heterocycles. The van der Waals surface area contributed by atoms with Crippen LogP contribution in [0.25, 0.3) is 0 Å². The zero-order valence-electron chi connectivity index (χ0n) is 12.1. The highest BCUT2D eigenvalue weighted by Crippen LogP contribution is 2.37. The SMILES string of the molecule is NCC1(O)CCCC1CCN1CCN(C2CC2)CC1. The van der Waals surface area contributed by atoms with Crippen molar-refractivity contribution < 1.29 is 5.11 Å². The summed E-state index contributed by atoms with van der Waals surface area (Å²) in [6, 6.07) is 0.916. The summed E-state index contributed by atoms with van der Waals surface area (Å²) >= 11 is 0. The smallest absolute Gasteiger partial charge is 0.0797 e. The Morgan fingerprint density at radius 1 is 1.11 bits per heavy atom. The van der Waals surface area contributed by atoms with Gasteiger partial charge in [-0.2, -0.15) is 0 Å². The summed E-state index contributed by atoms with van der Waals surface area (Å²) in [5.74, 6) is 0.430. The molecule has 1 saturated heterocycles. The molecule has 0 spiro atoms. The van der Waals surface area contributed by atoms with E-state index in [0.29, 0.717) is 12.5 Å². The molecule has 0 radical (unpaired) electrons. The van der Waals surface area contributed by atoms with E-state index in [1.54, 1.807) is 0 Å². The van der Waals surface area contributed by atoms with Gasteiger partial charge in [-0.15, -0.1) is 0 Å². The van der Waals surface area contributed by atoms with Gasteiger partial charge in [-0.3, -0.25) is 4.90 Å². The summed E-state index contributed by atoms with van der Waals surface area (Å²) in [6.45, 7) is 6.50. The fraction of sp³-hybridized carbons (Fsp3) is 1.00. The van der Waals surface area contributed by atoms with Gasteiger partial charge >= 0.3 is 0 Å². The predicted molar refractivity (Wildman–Crippen MR) is 77.0 cm³/mol. The van der Waals surface area contributed by atoms with E-state index in [4.69, 9.17) is 5.73 Å². The first kappa shape index (κ1) is 13.8. The Labute approximate surface area is 116 Å². The van der Waals surface area contributed by atoms with Crippen LogP contribution < -0.4 is 5.73 Å². The zero-order chi connectivity index (χ0) is 13.3. The van der Waals surface area contributed by atoms with Gasteiger partial charge in [0.15, 0.2) is 0 Å². The van der Waals surface area contributed by atoms with Crippen LogP contribution in [0.5, 0.6) is 0 Å². The van der Waals surface area contributed by atoms with Gasteiger partial charge in [-0.25, -0.2) is 0 Å². The second kappa shape index (κ2) is 5.68. The fourth-order valence-corrected chi connectivity index (χ4v) is 3.94. The normalized spacial score (nSPS) is 37.9. The van der Waals surface area contributed by atoms with E-state index < -0.39 is 5.60 Å². The maximum absolute atomic E-state index is 10.5. The summed E-state index contributed by atoms with van der Waals surface area (Å²) in [5.41, 5.74) is 5.20. The fourth-order valence-electron chi connectivity index (χ4n) is 3.94. The molecular formula is C15H29N3O. The topological polar surface area (TPSA) is 52.7 Å². The Balaban J connectivity index is 1.40. The molecule has 4 nitrogen and oxygen atoms in total. The van der Waals surface area contributed by atoms with Crippen LogP contribution in [-0.2, 0) is 0 Å². The molecule has 0 aromatic rings. The number of rotatable bonds is 5. The third-order valence-corrected chi connectivity index (χ3v) is 5.54. The highest BCUT2D eigenvalue weighted by atomic mass is 16.3. The van der Waals surface area contributed by atoms with E-state index in [9.17, 15) is 5.11 Å². The zero-order valence-corrected chi connectivity index (χ0v) is 12.1. The Morgan fingerprint density at radius 2 is 1.84 bits per heavy atom. The van der Waals surface area contributed by atoms with Crippen molar-refractivity contribution in [2.45, 2.75) is 50.2 Å². The molecule has 19 heavy (non-hydrogen) atoms. The third kappa shape index (κ3) is 3.13. The molecule has 0 bridgehead atoms. The standard InChI is InChI=1S/C15H29N3O/c16-12-15(19)6-1-2-13(15)5-7-17-8-10-18(11-9-17)14-3-4-14/h13-14,19H,1-12,16H2. The lowest BCUT2D eigenvalue weighted by atomic mass is 9.88. The minimum absolute atomic E-state index is 0.430. The van der Waals surface area contributed by atoms with Crippen molar-refractivity contribution in [3.63, 3.8) is 0 Å². The van der Waals surface area contributed by atoms with Crippen molar-refractivity contribution in [3.8, 4) is 0 Å². The second-order valence-electron chi connectivity index (χ2n) is 6.79. The van der Waals surface area contributed by atoms with Crippen molar-refractivity contribution in [1.82, 2.24) is 9.80 Å². The van der Waals surface area contributed by atoms with Crippen LogP contribution >= 0.6 is 0 Å². The molecule has 2 saturated carbocycles. The molecule has 2 unspecified atom stereocenters. The van der Waals surface area contributed by atoms with Gasteiger partial charge in [0.2, 0.25) is 0 Å². The number of hydrogen-bond acceptors (Lipinski definition) is 4. The van der Waals surface area contributed by atoms with Crippen LogP contribution in [0.4, 0.5) is 0 Å². The summed E-state index contributed by atoms with van der Waals surface area (Å²) in [5, 5.41) is 10.5. The summed E-state index contributed by atoms with van der Waals surface area (Å²) in [7, 11) is 0. The predicted octanol–water partition coefficient (Wildman–Crippen LogP) is 0.646. The van der Waals surface area contributed by atoms with Crippen LogP contribution in [0.3, 0.4) is 0 Å². The number of hydrogen-bond donors (Lipinski definition) is 2. The molecular weight excluding hydrogens is 238 g/mol. The molecule has 3 aliphatic rings. The maximum atomic E-state index is 10.5. The molecule has 3 N–H and O–H groups in total. The summed E-state index contributed by atoms with van der Waals surface area (Å²) < 4.78 is 0. The van der Waals surface area contributed by atoms with Crippen LogP contribution in [0, 0.1) is 5.92 Å². The summed E-state index contributed by atoms with van der Waals surface area (Å²) in [6.07, 6.45) is 7.18. The number of nitrogens with two attached hydrogens (primary N) is 1. The van der Waals surface area contributed by atoms with Crippen molar-refractivity contribution in [3.05, 3.63) is 0 Å². The first-order chi connectivity index (χ1) is 9.21. The Hall–Kier alpha value is -0.160. The van der Waals surface area contributed by atoms with E-state index in [0.717, 1.165) is 38.3 Å². The van der Waals surface area contributed by atoms with Crippen LogP contribution in [-0.4, -0.2) is 65.8 Å². The molecule has 1 heterocycles. The molecule has 4 heteroatoms. The second-order valence-corrected chi connectivity index (χ2v) is 6.79. The van der Waals surface area contributed by atoms with Crippen LogP contribution in [0.2, 0.25) is 0 Å². The van der Waals surface area contributed by atoms with Gasteiger partial charge in [0.25, 0.3) is 0 Å². The average Bonchev–Trinajstić information content (AvgIpc) is 3.22. The van der Waals surface area contributed by atoms with E-state index in [-0.39, 0.29) is 0 Å². The van der Waals surface area contributed by atoms with Gasteiger partial charge in [-0.1, -0.05) is 6.42 Å². The monoisotopic (exact) mass is 267 g/mol. The highest BCUT2D eigenvalue weighted by Gasteiger charge is 2.39. The van der Waals surface area contributed by atoms with Gasteiger partial charge in [0.1, 0.15) is 0 Å². The number of piperazine rings is 1. The van der Waals surface area contributed by atoms with E-state index in [2.05, 4.69) is 9.80 Å². The lowest BCUT2D eigenvalue weighted by molar-refractivity contribution is 0.00253. The molecule has 3 rings (SSSR count). The van der Waals surface area contributed by atoms with Gasteiger partial charge in [0.05, 0.1) is 5.60 Å². The molecule has 0 amide bonds. The maximum Gasteiger partial charge on any atom is 0.0797 e. The lowest BCUT2D eigenvalue weighted by Crippen LogP contribution is -2.48. The average molecular weight is 267 g/mol. The number of nitrogens with zero attached hydrogens (tertiary/aromatic N) is 2. The first-order valence-corrected chi connectivity index (χ1v) is 8.10. The van der Waals surface area contributed by atoms with Gasteiger partial charge in [-0.05, 0) is 44.6 Å². The Kier molecular flexibility index (Phi) is 4.13. The van der Waals surface area contributed by atoms with Crippen molar-refractivity contribution >= 4 is 0 Å². The molecule has 3 fully saturated rings. The van der Waals surface area contributed by atoms with Crippen molar-refractivity contribution in [2.75, 3.05) is 39.3 Å². The summed E-state index contributed by atoms with van der Waals surface area (Å²) in [4.78, 5) is 5.23. The quantitative estimate of drug-likeness (QED) is 0.768. The minimum Gasteiger partial charge on any atom is -0.388 e. The molecule has 2 aliphatic carbocycles. The largest absolute Gasteiger partial charge is 0.388 e. The van der Waals surface area contributed by atoms with Crippen molar-refractivity contribution in [1.29, 1.82) is 0 Å². The Morgan fingerprint density at radius 3 is 2.47 bits per heavy atom. The van der Waals surface area contributed by atoms with Gasteiger partial charge in [0, 0.05) is 38.8 Å². The van der Waals surface area contributed by atoms with Crippen LogP contribution in [0.1, 0.15) is 38.5 Å². The third-order valence-electron chi connectivity index (χ3n) is 5.54. The van der Waals surface area contributed by atoms with E-state index in [1.807, 2.05) is 0 Å². The minimum atomic E-state index is -0.560. The van der Waals surface area contributed by atoms with Crippen LogP contribution in [0.15, 0.2) is 0 Å². The molecule has 2 atom stereocenters. The molecule has 0 aromatic heterocycles. The van der Waals surface area contributed by atoms with Crippen molar-refractivity contribution in [2.24, 2.45) is 11.7 Å².